The van der Waals surface area contributed by atoms with E-state index in [4.69, 9.17) is 10.2 Å². The van der Waals surface area contributed by atoms with Gasteiger partial charge in [-0.15, -0.1) is 0 Å². The van der Waals surface area contributed by atoms with Gasteiger partial charge in [-0.3, -0.25) is 9.59 Å². The van der Waals surface area contributed by atoms with Gasteiger partial charge in [-0.25, -0.2) is 0 Å². The van der Waals surface area contributed by atoms with Gasteiger partial charge in [-0.2, -0.15) is 0 Å². The molecule has 2 fully saturated rings. The van der Waals surface area contributed by atoms with Crippen LogP contribution < -0.4 is 0 Å². The van der Waals surface area contributed by atoms with E-state index in [1.54, 1.807) is 0 Å². The minimum atomic E-state index is -0.893. The lowest BCUT2D eigenvalue weighted by atomic mass is 9.90. The van der Waals surface area contributed by atoms with Gasteiger partial charge in [-0.1, -0.05) is 28.1 Å². The highest BCUT2D eigenvalue weighted by atomic mass is 79.9. The van der Waals surface area contributed by atoms with Crippen LogP contribution in [0.4, 0.5) is 0 Å². The van der Waals surface area contributed by atoms with Gasteiger partial charge >= 0.3 is 11.9 Å². The molecule has 2 aliphatic carbocycles. The van der Waals surface area contributed by atoms with Crippen LogP contribution in [0.15, 0.2) is 28.7 Å². The van der Waals surface area contributed by atoms with E-state index < -0.39 is 29.2 Å². The Morgan fingerprint density at radius 2 is 1.53 bits per heavy atom. The van der Waals surface area contributed by atoms with Crippen molar-refractivity contribution in [1.29, 1.82) is 0 Å². The summed E-state index contributed by atoms with van der Waals surface area (Å²) in [6, 6.07) is 7.25. The van der Waals surface area contributed by atoms with Gasteiger partial charge in [0.2, 0.25) is 0 Å². The number of aliphatic carboxylic acids is 2. The summed E-state index contributed by atoms with van der Waals surface area (Å²) in [6.07, 6.45) is 0. The van der Waals surface area contributed by atoms with Crippen LogP contribution in [-0.4, -0.2) is 22.2 Å². The number of rotatable bonds is 3. The second kappa shape index (κ2) is 3.10. The number of fused-ring (bicyclic) bond motifs is 1. The molecule has 0 saturated heterocycles. The lowest BCUT2D eigenvalue weighted by Gasteiger charge is -2.13. The van der Waals surface area contributed by atoms with E-state index in [-0.39, 0.29) is 5.92 Å². The van der Waals surface area contributed by atoms with Crippen LogP contribution in [0.5, 0.6) is 0 Å². The van der Waals surface area contributed by atoms with Gasteiger partial charge in [-0.05, 0) is 23.6 Å². The molecule has 0 amide bonds. The topological polar surface area (TPSA) is 74.6 Å². The summed E-state index contributed by atoms with van der Waals surface area (Å²) < 4.78 is 0.897. The van der Waals surface area contributed by atoms with Crippen molar-refractivity contribution in [3.8, 4) is 0 Å². The van der Waals surface area contributed by atoms with Gasteiger partial charge in [0.1, 0.15) is 0 Å². The average molecular weight is 297 g/mol. The predicted molar refractivity (Wildman–Crippen MR) is 61.6 cm³/mol. The Kier molecular flexibility index (Phi) is 1.96. The van der Waals surface area contributed by atoms with E-state index in [0.29, 0.717) is 0 Å². The van der Waals surface area contributed by atoms with Crippen LogP contribution in [-0.2, 0) is 15.0 Å². The van der Waals surface area contributed by atoms with E-state index in [2.05, 4.69) is 15.9 Å². The average Bonchev–Trinajstić information content (AvgIpc) is 3.04. The number of carboxylic acids is 2. The third-order valence-electron chi connectivity index (χ3n) is 3.96. The van der Waals surface area contributed by atoms with Crippen molar-refractivity contribution in [1.82, 2.24) is 0 Å². The van der Waals surface area contributed by atoms with Gasteiger partial charge in [0.25, 0.3) is 0 Å². The third kappa shape index (κ3) is 1.17. The Morgan fingerprint density at radius 1 is 1.06 bits per heavy atom. The molecule has 2 aliphatic rings. The van der Waals surface area contributed by atoms with E-state index in [1.165, 1.54) is 0 Å². The summed E-state index contributed by atoms with van der Waals surface area (Å²) in [7, 11) is 0. The Morgan fingerprint density at radius 3 is 1.94 bits per heavy atom. The van der Waals surface area contributed by atoms with Crippen LogP contribution >= 0.6 is 15.9 Å². The minimum Gasteiger partial charge on any atom is -0.481 e. The number of hydrogen-bond acceptors (Lipinski definition) is 2. The fourth-order valence-corrected chi connectivity index (χ4v) is 3.41. The van der Waals surface area contributed by atoms with Gasteiger partial charge < -0.3 is 10.2 Å². The summed E-state index contributed by atoms with van der Waals surface area (Å²) in [4.78, 5) is 22.0. The van der Waals surface area contributed by atoms with Crippen LogP contribution in [0.3, 0.4) is 0 Å². The van der Waals surface area contributed by atoms with Crippen LogP contribution in [0, 0.1) is 17.8 Å². The summed E-state index contributed by atoms with van der Waals surface area (Å²) in [5.74, 6) is -3.06. The Balaban J connectivity index is 1.97. The molecule has 0 bridgehead atoms. The SMILES string of the molecule is O=C(O)[C@@H]1C2[C@@H](C(=O)O)C21c1ccc(Br)cc1. The number of benzene rings is 1. The summed E-state index contributed by atoms with van der Waals surface area (Å²) in [6.45, 7) is 0. The highest BCUT2D eigenvalue weighted by Gasteiger charge is 2.92. The molecule has 1 aromatic rings. The zero-order valence-electron chi connectivity index (χ0n) is 8.63. The first-order chi connectivity index (χ1) is 8.01. The fourth-order valence-electron chi connectivity index (χ4n) is 3.14. The Bertz CT molecular complexity index is 500. The molecule has 0 spiro atoms. The van der Waals surface area contributed by atoms with Crippen molar-refractivity contribution in [2.45, 2.75) is 5.41 Å². The van der Waals surface area contributed by atoms with Gasteiger partial charge in [0.05, 0.1) is 11.8 Å². The molecule has 0 radical (unpaired) electrons. The third-order valence-corrected chi connectivity index (χ3v) is 4.49. The molecule has 0 aliphatic heterocycles. The maximum absolute atomic E-state index is 11.0. The zero-order valence-corrected chi connectivity index (χ0v) is 10.2. The van der Waals surface area contributed by atoms with Crippen molar-refractivity contribution < 1.29 is 19.8 Å². The second-order valence-electron chi connectivity index (χ2n) is 4.60. The second-order valence-corrected chi connectivity index (χ2v) is 5.51. The lowest BCUT2D eigenvalue weighted by Crippen LogP contribution is -2.25. The van der Waals surface area contributed by atoms with Gasteiger partial charge in [0.15, 0.2) is 0 Å². The summed E-state index contributed by atoms with van der Waals surface area (Å²) in [5.41, 5.74) is 0.184. The Hall–Kier alpha value is -1.36. The molecule has 2 atom stereocenters. The molecular weight excluding hydrogens is 288 g/mol. The monoisotopic (exact) mass is 296 g/mol. The molecule has 3 rings (SSSR count). The van der Waals surface area contributed by atoms with E-state index >= 15 is 0 Å². The smallest absolute Gasteiger partial charge is 0.307 e. The first-order valence-corrected chi connectivity index (χ1v) is 6.02. The number of hydrogen-bond donors (Lipinski definition) is 2. The largest absolute Gasteiger partial charge is 0.481 e. The first kappa shape index (κ1) is 10.8. The number of carbonyl (C=O) groups is 2. The summed E-state index contributed by atoms with van der Waals surface area (Å²) >= 11 is 3.30. The van der Waals surface area contributed by atoms with Crippen LogP contribution in [0.25, 0.3) is 0 Å². The predicted octanol–water partition coefficient (Wildman–Crippen LogP) is 1.73. The first-order valence-electron chi connectivity index (χ1n) is 5.23. The Labute approximate surface area is 105 Å². The quantitative estimate of drug-likeness (QED) is 0.891. The van der Waals surface area contributed by atoms with Crippen molar-refractivity contribution in [2.75, 3.05) is 0 Å². The molecular formula is C12H9BrO4. The fraction of sp³-hybridized carbons (Fsp3) is 0.333. The van der Waals surface area contributed by atoms with Gasteiger partial charge in [0, 0.05) is 9.89 Å². The highest BCUT2D eigenvalue weighted by molar-refractivity contribution is 9.10. The molecule has 88 valence electrons. The molecule has 1 aromatic carbocycles. The summed E-state index contributed by atoms with van der Waals surface area (Å²) in [5, 5.41) is 18.1. The number of halogens is 1. The van der Waals surface area contributed by atoms with Crippen molar-refractivity contribution >= 4 is 27.9 Å². The van der Waals surface area contributed by atoms with E-state index in [0.717, 1.165) is 10.0 Å². The normalized spacial score (nSPS) is 37.1. The molecule has 2 N–H and O–H groups in total. The molecule has 5 heteroatoms. The van der Waals surface area contributed by atoms with Crippen molar-refractivity contribution in [2.24, 2.45) is 17.8 Å². The maximum atomic E-state index is 11.0. The molecule has 4 nitrogen and oxygen atoms in total. The molecule has 2 saturated carbocycles. The van der Waals surface area contributed by atoms with Crippen molar-refractivity contribution in [3.05, 3.63) is 34.3 Å². The van der Waals surface area contributed by atoms with E-state index in [1.807, 2.05) is 24.3 Å². The van der Waals surface area contributed by atoms with Crippen LogP contribution in [0.2, 0.25) is 0 Å². The number of carboxylic acid groups (broad SMARTS) is 2. The lowest BCUT2D eigenvalue weighted by molar-refractivity contribution is -0.144. The highest BCUT2D eigenvalue weighted by Crippen LogP contribution is 2.83. The standard InChI is InChI=1S/C12H9BrO4/c13-6-3-1-5(2-4-6)12-7(8(12)10(14)15)9(12)11(16)17/h1-4,7-9H,(H,14,15)(H,16,17)/t7?,8-,9-,12?/m0/s1. The molecule has 0 heterocycles. The van der Waals surface area contributed by atoms with E-state index in [9.17, 15) is 9.59 Å². The molecule has 0 aromatic heterocycles. The van der Waals surface area contributed by atoms with Crippen LogP contribution in [0.1, 0.15) is 5.56 Å². The minimum absolute atomic E-state index is 0.223. The van der Waals surface area contributed by atoms with Crippen molar-refractivity contribution in [3.63, 3.8) is 0 Å². The zero-order chi connectivity index (χ0) is 12.4. The molecule has 0 unspecified atom stereocenters. The molecule has 17 heavy (non-hydrogen) atoms. The maximum Gasteiger partial charge on any atom is 0.307 e.